The van der Waals surface area contributed by atoms with E-state index in [4.69, 9.17) is 42.5 Å². The smallest absolute Gasteiger partial charge is 0.306 e. The van der Waals surface area contributed by atoms with E-state index in [0.717, 1.165) is 56.8 Å². The molecule has 11 nitrogen and oxygen atoms in total. The monoisotopic (exact) mass is 769 g/mol. The third-order valence-electron chi connectivity index (χ3n) is 8.28. The van der Waals surface area contributed by atoms with E-state index in [-0.39, 0.29) is 18.3 Å². The molecule has 6 aromatic rings. The molecule has 54 heavy (non-hydrogen) atoms. The van der Waals surface area contributed by atoms with Crippen LogP contribution in [0.1, 0.15) is 31.2 Å². The van der Waals surface area contributed by atoms with Crippen molar-refractivity contribution in [1.82, 2.24) is 24.6 Å². The molecule has 13 heteroatoms. The number of hydroxylamine groups is 2. The summed E-state index contributed by atoms with van der Waals surface area (Å²) >= 11 is 12.0. The van der Waals surface area contributed by atoms with Gasteiger partial charge >= 0.3 is 5.97 Å². The van der Waals surface area contributed by atoms with Crippen LogP contribution in [0.5, 0.6) is 11.5 Å². The van der Waals surface area contributed by atoms with E-state index in [1.807, 2.05) is 119 Å². The second kappa shape index (κ2) is 18.9. The van der Waals surface area contributed by atoms with E-state index >= 15 is 0 Å². The van der Waals surface area contributed by atoms with Crippen molar-refractivity contribution in [1.29, 1.82) is 0 Å². The van der Waals surface area contributed by atoms with E-state index in [0.29, 0.717) is 41.0 Å². The fraction of sp³-hybridized carbons (Fsp3) is 0.220. The number of carbonyl (C=O) groups is 2. The van der Waals surface area contributed by atoms with Gasteiger partial charge in [-0.2, -0.15) is 10.2 Å². The second-order valence-corrected chi connectivity index (χ2v) is 12.9. The number of esters is 1. The van der Waals surface area contributed by atoms with Crippen LogP contribution in [-0.4, -0.2) is 69.6 Å². The Bertz CT molecular complexity index is 2130. The zero-order chi connectivity index (χ0) is 38.6. The fourth-order valence-electron chi connectivity index (χ4n) is 5.46. The molecule has 0 aliphatic carbocycles. The molecule has 1 amide bonds. The number of hydrogen-bond acceptors (Lipinski definition) is 8. The van der Waals surface area contributed by atoms with Crippen LogP contribution in [0.3, 0.4) is 0 Å². The van der Waals surface area contributed by atoms with E-state index < -0.39 is 0 Å². The number of aryl methyl sites for hydroxylation is 2. The van der Waals surface area contributed by atoms with Crippen molar-refractivity contribution in [2.24, 2.45) is 0 Å². The molecule has 0 radical (unpaired) electrons. The van der Waals surface area contributed by atoms with Gasteiger partial charge in [0.25, 0.3) is 0 Å². The Morgan fingerprint density at radius 3 is 1.44 bits per heavy atom. The first-order valence-corrected chi connectivity index (χ1v) is 17.9. The zero-order valence-corrected chi connectivity index (χ0v) is 31.9. The average molecular weight is 771 g/mol. The number of ether oxygens (including phenoxy) is 3. The van der Waals surface area contributed by atoms with Crippen LogP contribution < -0.4 is 9.47 Å². The molecule has 0 saturated carbocycles. The Balaban J connectivity index is 0.000000208. The van der Waals surface area contributed by atoms with Crippen molar-refractivity contribution < 1.29 is 29.0 Å². The number of rotatable bonds is 13. The lowest BCUT2D eigenvalue weighted by atomic mass is 10.1. The largest absolute Gasteiger partial charge is 0.497 e. The topological polar surface area (TPSA) is 121 Å². The Hall–Kier alpha value is -5.62. The van der Waals surface area contributed by atoms with Crippen molar-refractivity contribution in [3.8, 4) is 45.4 Å². The molecule has 0 spiro atoms. The van der Waals surface area contributed by atoms with Gasteiger partial charge in [0, 0.05) is 47.5 Å². The van der Waals surface area contributed by atoms with Gasteiger partial charge in [-0.25, -0.2) is 14.4 Å². The van der Waals surface area contributed by atoms with Crippen LogP contribution in [0.25, 0.3) is 33.9 Å². The molecule has 1 N–H and O–H groups in total. The molecule has 4 aromatic carbocycles. The number of carbonyl (C=O) groups excluding carboxylic acids is 2. The summed E-state index contributed by atoms with van der Waals surface area (Å²) in [7, 11) is 4.57. The normalized spacial score (nSPS) is 10.6. The molecular formula is C41H41Cl2N5O6. The van der Waals surface area contributed by atoms with Crippen LogP contribution in [0.4, 0.5) is 0 Å². The van der Waals surface area contributed by atoms with Crippen molar-refractivity contribution >= 4 is 35.1 Å². The molecule has 0 saturated heterocycles. The molecule has 0 aliphatic heterocycles. The first-order chi connectivity index (χ1) is 26.1. The maximum atomic E-state index is 11.7. The average Bonchev–Trinajstić information content (AvgIpc) is 3.82. The highest BCUT2D eigenvalue weighted by Gasteiger charge is 2.16. The number of aromatic nitrogens is 4. The SMILES string of the molecule is CCOC(=O)CCc1cc(-c2ccc(Cl)cc2)n(-c2ccc(OC)cc2)n1.COc1ccc(-n2nc(CCC(=O)N(C)O)cc2-c2ccc(Cl)cc2)cc1. The summed E-state index contributed by atoms with van der Waals surface area (Å²) in [5.41, 5.74) is 7.12. The summed E-state index contributed by atoms with van der Waals surface area (Å²) in [5, 5.41) is 20.5. The van der Waals surface area contributed by atoms with E-state index in [1.54, 1.807) is 21.1 Å². The van der Waals surface area contributed by atoms with Crippen molar-refractivity contribution in [2.75, 3.05) is 27.9 Å². The number of amides is 1. The number of methoxy groups -OCH3 is 2. The maximum Gasteiger partial charge on any atom is 0.306 e. The van der Waals surface area contributed by atoms with Gasteiger partial charge < -0.3 is 14.2 Å². The lowest BCUT2D eigenvalue weighted by Gasteiger charge is -2.09. The van der Waals surface area contributed by atoms with Gasteiger partial charge in [-0.3, -0.25) is 14.8 Å². The van der Waals surface area contributed by atoms with Crippen LogP contribution in [-0.2, 0) is 27.2 Å². The number of halogens is 2. The molecule has 2 heterocycles. The molecule has 6 rings (SSSR count). The van der Waals surface area contributed by atoms with Crippen LogP contribution >= 0.6 is 23.2 Å². The summed E-state index contributed by atoms with van der Waals surface area (Å²) in [4.78, 5) is 23.3. The van der Waals surface area contributed by atoms with Gasteiger partial charge in [0.1, 0.15) is 11.5 Å². The Labute approximate surface area is 324 Å². The van der Waals surface area contributed by atoms with Gasteiger partial charge in [-0.15, -0.1) is 0 Å². The number of hydrogen-bond donors (Lipinski definition) is 1. The van der Waals surface area contributed by atoms with Crippen molar-refractivity contribution in [2.45, 2.75) is 32.6 Å². The summed E-state index contributed by atoms with van der Waals surface area (Å²) in [5.74, 6) is 0.962. The highest BCUT2D eigenvalue weighted by atomic mass is 35.5. The lowest BCUT2D eigenvalue weighted by molar-refractivity contribution is -0.159. The molecule has 0 bridgehead atoms. The van der Waals surface area contributed by atoms with E-state index in [2.05, 4.69) is 5.10 Å². The summed E-state index contributed by atoms with van der Waals surface area (Å²) in [6.07, 6.45) is 1.41. The Morgan fingerprint density at radius 1 is 0.667 bits per heavy atom. The first-order valence-electron chi connectivity index (χ1n) is 17.2. The quantitative estimate of drug-likeness (QED) is 0.0704. The predicted molar refractivity (Wildman–Crippen MR) is 209 cm³/mol. The van der Waals surface area contributed by atoms with Gasteiger partial charge in [-0.1, -0.05) is 47.5 Å². The predicted octanol–water partition coefficient (Wildman–Crippen LogP) is 8.68. The van der Waals surface area contributed by atoms with Gasteiger partial charge in [0.05, 0.1) is 61.4 Å². The number of nitrogens with zero attached hydrogens (tertiary/aromatic N) is 5. The lowest BCUT2D eigenvalue weighted by Crippen LogP contribution is -2.22. The fourth-order valence-corrected chi connectivity index (χ4v) is 5.71. The van der Waals surface area contributed by atoms with Gasteiger partial charge in [0.2, 0.25) is 5.91 Å². The molecule has 2 aromatic heterocycles. The van der Waals surface area contributed by atoms with E-state index in [1.165, 1.54) is 7.05 Å². The zero-order valence-electron chi connectivity index (χ0n) is 30.4. The Kier molecular flexibility index (Phi) is 13.9. The highest BCUT2D eigenvalue weighted by Crippen LogP contribution is 2.29. The summed E-state index contributed by atoms with van der Waals surface area (Å²) in [6, 6.07) is 34.3. The third-order valence-corrected chi connectivity index (χ3v) is 8.78. The van der Waals surface area contributed by atoms with E-state index in [9.17, 15) is 14.8 Å². The van der Waals surface area contributed by atoms with Crippen LogP contribution in [0.15, 0.2) is 109 Å². The Morgan fingerprint density at radius 2 is 1.07 bits per heavy atom. The van der Waals surface area contributed by atoms with Crippen LogP contribution in [0.2, 0.25) is 10.0 Å². The minimum absolute atomic E-state index is 0.173. The second-order valence-electron chi connectivity index (χ2n) is 12.0. The molecule has 0 atom stereocenters. The maximum absolute atomic E-state index is 11.7. The van der Waals surface area contributed by atoms with Crippen molar-refractivity contribution in [3.63, 3.8) is 0 Å². The number of benzene rings is 4. The van der Waals surface area contributed by atoms with Crippen molar-refractivity contribution in [3.05, 3.63) is 131 Å². The molecular weight excluding hydrogens is 729 g/mol. The molecule has 0 unspecified atom stereocenters. The summed E-state index contributed by atoms with van der Waals surface area (Å²) in [6.45, 7) is 2.18. The summed E-state index contributed by atoms with van der Waals surface area (Å²) < 4.78 is 19.1. The van der Waals surface area contributed by atoms with Gasteiger partial charge in [0.15, 0.2) is 0 Å². The minimum Gasteiger partial charge on any atom is -0.497 e. The minimum atomic E-state index is -0.359. The standard InChI is InChI=1S/C21H21ClN2O3.C20H20ClN3O3/c1-3-27-21(25)13-8-17-14-20(15-4-6-16(22)7-5-15)24(23-17)18-9-11-19(26-2)12-10-18;1-23(26)20(25)12-7-16-13-19(14-3-5-15(21)6-4-14)24(22-16)17-8-10-18(27-2)11-9-17/h4-7,9-12,14H,3,8,13H2,1-2H3;3-6,8-11,13,26H,7,12H2,1-2H3. The molecule has 0 fully saturated rings. The van der Waals surface area contributed by atoms with Crippen LogP contribution in [0, 0.1) is 0 Å². The van der Waals surface area contributed by atoms with Gasteiger partial charge in [-0.05, 0) is 91.9 Å². The molecule has 280 valence electrons. The molecule has 0 aliphatic rings. The third kappa shape index (κ3) is 10.5. The first kappa shape index (κ1) is 39.6. The highest BCUT2D eigenvalue weighted by molar-refractivity contribution is 6.30.